The Morgan fingerprint density at radius 3 is 2.13 bits per heavy atom. The highest BCUT2D eigenvalue weighted by Crippen LogP contribution is 2.71. The molecule has 2 aliphatic carbocycles. The second-order valence-electron chi connectivity index (χ2n) is 7.40. The van der Waals surface area contributed by atoms with Crippen molar-refractivity contribution in [2.75, 3.05) is 0 Å². The van der Waals surface area contributed by atoms with E-state index < -0.39 is 0 Å². The van der Waals surface area contributed by atoms with E-state index in [1.165, 1.54) is 25.7 Å². The van der Waals surface area contributed by atoms with Crippen LogP contribution in [0.1, 0.15) is 67.2 Å². The molecule has 0 aromatic carbocycles. The van der Waals surface area contributed by atoms with Crippen molar-refractivity contribution in [1.82, 2.24) is 0 Å². The summed E-state index contributed by atoms with van der Waals surface area (Å²) in [4.78, 5) is 0. The normalized spacial score (nSPS) is 46.8. The van der Waals surface area contributed by atoms with Crippen LogP contribution in [-0.2, 0) is 0 Å². The van der Waals surface area contributed by atoms with E-state index in [0.29, 0.717) is 16.2 Å². The van der Waals surface area contributed by atoms with Crippen molar-refractivity contribution >= 4 is 0 Å². The molecule has 0 aromatic rings. The Morgan fingerprint density at radius 1 is 1.07 bits per heavy atom. The van der Waals surface area contributed by atoms with Gasteiger partial charge in [0.25, 0.3) is 0 Å². The lowest BCUT2D eigenvalue weighted by Crippen LogP contribution is -2.33. The van der Waals surface area contributed by atoms with Gasteiger partial charge in [-0.25, -0.2) is 0 Å². The largest absolute Gasteiger partial charge is 0.0648 e. The van der Waals surface area contributed by atoms with Gasteiger partial charge in [-0.05, 0) is 53.8 Å². The van der Waals surface area contributed by atoms with E-state index in [2.05, 4.69) is 41.5 Å². The van der Waals surface area contributed by atoms with Gasteiger partial charge in [-0.2, -0.15) is 0 Å². The van der Waals surface area contributed by atoms with Gasteiger partial charge in [-0.15, -0.1) is 0 Å². The van der Waals surface area contributed by atoms with Crippen molar-refractivity contribution in [3.63, 3.8) is 0 Å². The number of hydrogen-bond donors (Lipinski definition) is 0. The average molecular weight is 208 g/mol. The molecule has 2 aliphatic rings. The van der Waals surface area contributed by atoms with Gasteiger partial charge in [0.2, 0.25) is 0 Å². The summed E-state index contributed by atoms with van der Waals surface area (Å²) < 4.78 is 0. The van der Waals surface area contributed by atoms with Crippen LogP contribution in [0.25, 0.3) is 0 Å². The van der Waals surface area contributed by atoms with E-state index in [-0.39, 0.29) is 0 Å². The zero-order valence-electron chi connectivity index (χ0n) is 11.5. The SMILES string of the molecule is CC[C@]12CC(C)(C)C(C)(C)C1CCC2C. The van der Waals surface area contributed by atoms with E-state index in [1.807, 2.05) is 0 Å². The van der Waals surface area contributed by atoms with Gasteiger partial charge in [0.1, 0.15) is 0 Å². The molecule has 0 aromatic heterocycles. The number of hydrogen-bond acceptors (Lipinski definition) is 0. The molecule has 0 amide bonds. The Morgan fingerprint density at radius 2 is 1.67 bits per heavy atom. The van der Waals surface area contributed by atoms with Gasteiger partial charge in [0.05, 0.1) is 0 Å². The maximum atomic E-state index is 2.52. The molecule has 2 unspecified atom stereocenters. The van der Waals surface area contributed by atoms with Crippen LogP contribution in [0.3, 0.4) is 0 Å². The fourth-order valence-corrected chi connectivity index (χ4v) is 4.95. The maximum absolute atomic E-state index is 2.52. The van der Waals surface area contributed by atoms with Crippen LogP contribution >= 0.6 is 0 Å². The van der Waals surface area contributed by atoms with Gasteiger partial charge in [0, 0.05) is 0 Å². The van der Waals surface area contributed by atoms with E-state index in [0.717, 1.165) is 11.8 Å². The van der Waals surface area contributed by atoms with Crippen LogP contribution in [0.15, 0.2) is 0 Å². The molecule has 0 bridgehead atoms. The molecule has 0 N–H and O–H groups in total. The summed E-state index contributed by atoms with van der Waals surface area (Å²) >= 11 is 0. The Hall–Kier alpha value is 0. The second kappa shape index (κ2) is 3.02. The van der Waals surface area contributed by atoms with Crippen LogP contribution in [0, 0.1) is 28.1 Å². The zero-order chi connectivity index (χ0) is 11.5. The third kappa shape index (κ3) is 1.20. The van der Waals surface area contributed by atoms with Crippen molar-refractivity contribution in [2.45, 2.75) is 67.2 Å². The van der Waals surface area contributed by atoms with Gasteiger partial charge in [-0.3, -0.25) is 0 Å². The first-order valence-electron chi connectivity index (χ1n) is 6.78. The molecule has 0 saturated heterocycles. The molecule has 3 atom stereocenters. The minimum absolute atomic E-state index is 0.530. The van der Waals surface area contributed by atoms with Crippen molar-refractivity contribution in [3.8, 4) is 0 Å². The zero-order valence-corrected chi connectivity index (χ0v) is 11.5. The summed E-state index contributed by atoms with van der Waals surface area (Å²) in [6.07, 6.45) is 5.80. The van der Waals surface area contributed by atoms with E-state index in [4.69, 9.17) is 0 Å². The third-order valence-electron chi connectivity index (χ3n) is 6.61. The van der Waals surface area contributed by atoms with Crippen LogP contribution in [0.2, 0.25) is 0 Å². The lowest BCUT2D eigenvalue weighted by molar-refractivity contribution is 0.0913. The Balaban J connectivity index is 2.44. The molecule has 88 valence electrons. The molecule has 0 nitrogen and oxygen atoms in total. The minimum Gasteiger partial charge on any atom is -0.0648 e. The molecule has 2 rings (SSSR count). The number of rotatable bonds is 1. The molecule has 0 heterocycles. The highest BCUT2D eigenvalue weighted by atomic mass is 14.7. The molecule has 0 radical (unpaired) electrons. The van der Waals surface area contributed by atoms with E-state index in [1.54, 1.807) is 0 Å². The number of fused-ring (bicyclic) bond motifs is 1. The topological polar surface area (TPSA) is 0 Å². The molecule has 0 spiro atoms. The molecule has 2 saturated carbocycles. The van der Waals surface area contributed by atoms with Gasteiger partial charge in [0.15, 0.2) is 0 Å². The molecule has 15 heavy (non-hydrogen) atoms. The van der Waals surface area contributed by atoms with E-state index >= 15 is 0 Å². The first-order chi connectivity index (χ1) is 6.78. The molecular formula is C15H28. The minimum atomic E-state index is 0.530. The summed E-state index contributed by atoms with van der Waals surface area (Å²) in [6, 6.07) is 0. The quantitative estimate of drug-likeness (QED) is 0.576. The first-order valence-corrected chi connectivity index (χ1v) is 6.78. The van der Waals surface area contributed by atoms with Crippen LogP contribution in [-0.4, -0.2) is 0 Å². The van der Waals surface area contributed by atoms with Crippen molar-refractivity contribution in [2.24, 2.45) is 28.1 Å². The molecule has 0 heteroatoms. The van der Waals surface area contributed by atoms with Crippen molar-refractivity contribution in [3.05, 3.63) is 0 Å². The van der Waals surface area contributed by atoms with Crippen LogP contribution in [0.4, 0.5) is 0 Å². The standard InChI is InChI=1S/C15H28/c1-7-15-10-13(3,4)14(5,6)12(15)9-8-11(15)2/h11-12H,7-10H2,1-6H3/t11?,12?,15-/m1/s1. The summed E-state index contributed by atoms with van der Waals surface area (Å²) in [7, 11) is 0. The fourth-order valence-electron chi connectivity index (χ4n) is 4.95. The smallest absolute Gasteiger partial charge is 0.0236 e. The van der Waals surface area contributed by atoms with Gasteiger partial charge >= 0.3 is 0 Å². The lowest BCUT2D eigenvalue weighted by Gasteiger charge is -2.39. The molecule has 0 aliphatic heterocycles. The van der Waals surface area contributed by atoms with Crippen molar-refractivity contribution < 1.29 is 0 Å². The lowest BCUT2D eigenvalue weighted by atomic mass is 9.65. The van der Waals surface area contributed by atoms with E-state index in [9.17, 15) is 0 Å². The fraction of sp³-hybridized carbons (Fsp3) is 1.00. The first kappa shape index (κ1) is 11.5. The van der Waals surface area contributed by atoms with Crippen LogP contribution < -0.4 is 0 Å². The van der Waals surface area contributed by atoms with Gasteiger partial charge < -0.3 is 0 Å². The summed E-state index contributed by atoms with van der Waals surface area (Å²) in [5, 5.41) is 0. The predicted octanol–water partition coefficient (Wildman–Crippen LogP) is 4.89. The van der Waals surface area contributed by atoms with Gasteiger partial charge in [-0.1, -0.05) is 41.5 Å². The summed E-state index contributed by atoms with van der Waals surface area (Å²) in [5.41, 5.74) is 1.74. The predicted molar refractivity (Wildman–Crippen MR) is 66.8 cm³/mol. The highest BCUT2D eigenvalue weighted by molar-refractivity contribution is 5.12. The second-order valence-corrected chi connectivity index (χ2v) is 7.40. The summed E-state index contributed by atoms with van der Waals surface area (Å²) in [5.74, 6) is 1.92. The third-order valence-corrected chi connectivity index (χ3v) is 6.61. The van der Waals surface area contributed by atoms with Crippen molar-refractivity contribution in [1.29, 1.82) is 0 Å². The highest BCUT2D eigenvalue weighted by Gasteiger charge is 2.63. The maximum Gasteiger partial charge on any atom is -0.0236 e. The monoisotopic (exact) mass is 208 g/mol. The summed E-state index contributed by atoms with van der Waals surface area (Å²) in [6.45, 7) is 15.0. The molecular weight excluding hydrogens is 180 g/mol. The Bertz CT molecular complexity index is 261. The molecule has 2 fully saturated rings. The van der Waals surface area contributed by atoms with Crippen LogP contribution in [0.5, 0.6) is 0 Å². The Labute approximate surface area is 95.8 Å². The average Bonchev–Trinajstić information content (AvgIpc) is 2.50. The Kier molecular flexibility index (Phi) is 2.31.